The first-order valence-electron chi connectivity index (χ1n) is 6.84. The third kappa shape index (κ3) is 5.80. The Balaban J connectivity index is 2.63. The van der Waals surface area contributed by atoms with E-state index in [9.17, 15) is 18.0 Å². The van der Waals surface area contributed by atoms with Gasteiger partial charge < -0.3 is 10.2 Å². The molecule has 2 atom stereocenters. The first-order chi connectivity index (χ1) is 8.74. The summed E-state index contributed by atoms with van der Waals surface area (Å²) in [6.07, 6.45) is -2.38. The van der Waals surface area contributed by atoms with Crippen molar-refractivity contribution in [3.8, 4) is 0 Å². The van der Waals surface area contributed by atoms with Crippen LogP contribution >= 0.6 is 0 Å². The van der Waals surface area contributed by atoms with Crippen molar-refractivity contribution >= 4 is 5.91 Å². The van der Waals surface area contributed by atoms with E-state index in [0.717, 1.165) is 17.7 Å². The van der Waals surface area contributed by atoms with Crippen LogP contribution in [0.3, 0.4) is 0 Å². The molecule has 1 rings (SSSR count). The smallest absolute Gasteiger partial charge is 0.331 e. The van der Waals surface area contributed by atoms with Crippen LogP contribution in [0.4, 0.5) is 13.2 Å². The maximum absolute atomic E-state index is 12.6. The number of nitrogens with one attached hydrogen (secondary N) is 1. The summed E-state index contributed by atoms with van der Waals surface area (Å²) in [6.45, 7) is 5.00. The van der Waals surface area contributed by atoms with Gasteiger partial charge in [0.05, 0.1) is 0 Å². The van der Waals surface area contributed by atoms with Crippen molar-refractivity contribution in [1.82, 2.24) is 10.2 Å². The average molecular weight is 280 g/mol. The van der Waals surface area contributed by atoms with E-state index in [1.165, 1.54) is 0 Å². The molecule has 0 aromatic rings. The highest BCUT2D eigenvalue weighted by Gasteiger charge is 2.40. The molecule has 112 valence electrons. The van der Waals surface area contributed by atoms with Crippen LogP contribution in [-0.4, -0.2) is 42.2 Å². The van der Waals surface area contributed by atoms with Gasteiger partial charge in [0, 0.05) is 18.5 Å². The van der Waals surface area contributed by atoms with Gasteiger partial charge in [-0.25, -0.2) is 0 Å². The summed E-state index contributed by atoms with van der Waals surface area (Å²) in [5.41, 5.74) is 0. The molecule has 1 aliphatic rings. The lowest BCUT2D eigenvalue weighted by Crippen LogP contribution is -2.47. The van der Waals surface area contributed by atoms with Crippen LogP contribution in [0.15, 0.2) is 0 Å². The van der Waals surface area contributed by atoms with Gasteiger partial charge in [-0.15, -0.1) is 0 Å². The molecule has 0 spiro atoms. The van der Waals surface area contributed by atoms with Gasteiger partial charge in [0.25, 0.3) is 0 Å². The summed E-state index contributed by atoms with van der Waals surface area (Å²) in [6, 6.07) is -0.414. The van der Waals surface area contributed by atoms with Crippen LogP contribution in [-0.2, 0) is 4.79 Å². The van der Waals surface area contributed by atoms with E-state index in [1.54, 1.807) is 6.92 Å². The van der Waals surface area contributed by atoms with Gasteiger partial charge in [-0.1, -0.05) is 6.92 Å². The van der Waals surface area contributed by atoms with Gasteiger partial charge >= 0.3 is 6.18 Å². The fraction of sp³-hybridized carbons (Fsp3) is 0.923. The van der Waals surface area contributed by atoms with Crippen molar-refractivity contribution in [3.63, 3.8) is 0 Å². The molecular formula is C13H23F3N2O. The Morgan fingerprint density at radius 1 is 1.37 bits per heavy atom. The first-order valence-corrected chi connectivity index (χ1v) is 6.84. The zero-order valence-corrected chi connectivity index (χ0v) is 11.8. The monoisotopic (exact) mass is 280 g/mol. The number of alkyl halides is 3. The highest BCUT2D eigenvalue weighted by molar-refractivity contribution is 5.77. The molecule has 19 heavy (non-hydrogen) atoms. The second kappa shape index (κ2) is 6.59. The molecule has 0 heterocycles. The number of carbonyl (C=O) groups excluding carboxylic acids is 1. The molecule has 1 saturated carbocycles. The minimum absolute atomic E-state index is 0.0976. The van der Waals surface area contributed by atoms with Crippen molar-refractivity contribution in [2.24, 2.45) is 5.92 Å². The molecule has 0 bridgehead atoms. The number of halogens is 3. The molecule has 0 radical (unpaired) electrons. The lowest BCUT2D eigenvalue weighted by Gasteiger charge is -2.31. The molecule has 1 N–H and O–H groups in total. The van der Waals surface area contributed by atoms with E-state index in [2.05, 4.69) is 5.32 Å². The predicted octanol–water partition coefficient (Wildman–Crippen LogP) is 2.56. The summed E-state index contributed by atoms with van der Waals surface area (Å²) in [7, 11) is 0. The molecule has 1 aliphatic carbocycles. The Morgan fingerprint density at radius 2 is 1.95 bits per heavy atom. The zero-order chi connectivity index (χ0) is 14.6. The van der Waals surface area contributed by atoms with Crippen molar-refractivity contribution in [3.05, 3.63) is 0 Å². The second-order valence-electron chi connectivity index (χ2n) is 5.38. The van der Waals surface area contributed by atoms with E-state index in [1.807, 2.05) is 13.8 Å². The summed E-state index contributed by atoms with van der Waals surface area (Å²) < 4.78 is 37.8. The number of nitrogens with zero attached hydrogens (tertiary/aromatic N) is 1. The third-order valence-corrected chi connectivity index (χ3v) is 3.50. The van der Waals surface area contributed by atoms with E-state index in [-0.39, 0.29) is 24.4 Å². The van der Waals surface area contributed by atoms with Crippen LogP contribution in [0.2, 0.25) is 0 Å². The fourth-order valence-electron chi connectivity index (χ4n) is 2.29. The number of rotatable bonds is 7. The molecule has 6 heteroatoms. The molecule has 1 fully saturated rings. The van der Waals surface area contributed by atoms with Crippen LogP contribution in [0.25, 0.3) is 0 Å². The zero-order valence-electron chi connectivity index (χ0n) is 11.8. The van der Waals surface area contributed by atoms with E-state index in [0.29, 0.717) is 6.54 Å². The van der Waals surface area contributed by atoms with Crippen molar-refractivity contribution in [2.45, 2.75) is 58.3 Å². The average Bonchev–Trinajstić information content (AvgIpc) is 3.07. The summed E-state index contributed by atoms with van der Waals surface area (Å²) in [5, 5.41) is 3.05. The molecule has 0 aromatic carbocycles. The summed E-state index contributed by atoms with van der Waals surface area (Å²) >= 11 is 0. The summed E-state index contributed by atoms with van der Waals surface area (Å²) in [4.78, 5) is 13.1. The Labute approximate surface area is 112 Å². The quantitative estimate of drug-likeness (QED) is 0.777. The standard InChI is InChI=1S/C13H23F3N2O/c1-4-17-9(2)7-12(19)18(8-13(14,15)16)10(3)11-5-6-11/h9-11,17H,4-8H2,1-3H3. The summed E-state index contributed by atoms with van der Waals surface area (Å²) in [5.74, 6) is -0.175. The van der Waals surface area contributed by atoms with Crippen molar-refractivity contribution in [1.29, 1.82) is 0 Å². The number of carbonyl (C=O) groups is 1. The van der Waals surface area contributed by atoms with E-state index >= 15 is 0 Å². The Kier molecular flexibility index (Phi) is 5.64. The maximum Gasteiger partial charge on any atom is 0.406 e. The molecule has 1 amide bonds. The number of hydrogen-bond acceptors (Lipinski definition) is 2. The van der Waals surface area contributed by atoms with Crippen molar-refractivity contribution in [2.75, 3.05) is 13.1 Å². The van der Waals surface area contributed by atoms with E-state index in [4.69, 9.17) is 0 Å². The maximum atomic E-state index is 12.6. The lowest BCUT2D eigenvalue weighted by atomic mass is 10.1. The highest BCUT2D eigenvalue weighted by Crippen LogP contribution is 2.36. The number of amides is 1. The fourth-order valence-corrected chi connectivity index (χ4v) is 2.29. The largest absolute Gasteiger partial charge is 0.406 e. The minimum atomic E-state index is -4.33. The number of hydrogen-bond donors (Lipinski definition) is 1. The normalized spacial score (nSPS) is 19.1. The molecule has 0 aliphatic heterocycles. The minimum Gasteiger partial charge on any atom is -0.331 e. The predicted molar refractivity (Wildman–Crippen MR) is 67.7 cm³/mol. The Morgan fingerprint density at radius 3 is 2.37 bits per heavy atom. The van der Waals surface area contributed by atoms with Crippen LogP contribution in [0.1, 0.15) is 40.0 Å². The van der Waals surface area contributed by atoms with Crippen LogP contribution in [0, 0.1) is 5.92 Å². The van der Waals surface area contributed by atoms with Crippen molar-refractivity contribution < 1.29 is 18.0 Å². The van der Waals surface area contributed by atoms with Crippen LogP contribution < -0.4 is 5.32 Å². The van der Waals surface area contributed by atoms with Gasteiger partial charge in [-0.3, -0.25) is 4.79 Å². The third-order valence-electron chi connectivity index (χ3n) is 3.50. The van der Waals surface area contributed by atoms with Gasteiger partial charge in [-0.2, -0.15) is 13.2 Å². The Hall–Kier alpha value is -0.780. The molecule has 0 aromatic heterocycles. The molecule has 0 saturated heterocycles. The Bertz CT molecular complexity index is 303. The molecular weight excluding hydrogens is 257 g/mol. The van der Waals surface area contributed by atoms with Gasteiger partial charge in [-0.05, 0) is 39.2 Å². The second-order valence-corrected chi connectivity index (χ2v) is 5.38. The lowest BCUT2D eigenvalue weighted by molar-refractivity contribution is -0.166. The molecule has 3 nitrogen and oxygen atoms in total. The van der Waals surface area contributed by atoms with Gasteiger partial charge in [0.2, 0.25) is 5.91 Å². The SMILES string of the molecule is CCNC(C)CC(=O)N(CC(F)(F)F)C(C)C1CC1. The van der Waals surface area contributed by atoms with E-state index < -0.39 is 18.6 Å². The van der Waals surface area contributed by atoms with Gasteiger partial charge in [0.1, 0.15) is 6.54 Å². The van der Waals surface area contributed by atoms with Gasteiger partial charge in [0.15, 0.2) is 0 Å². The highest BCUT2D eigenvalue weighted by atomic mass is 19.4. The topological polar surface area (TPSA) is 32.3 Å². The van der Waals surface area contributed by atoms with Crippen LogP contribution in [0.5, 0.6) is 0 Å². The molecule has 2 unspecified atom stereocenters. The first kappa shape index (κ1) is 16.3.